The molecular weight excluding hydrogens is 258 g/mol. The van der Waals surface area contributed by atoms with Crippen molar-refractivity contribution in [1.29, 1.82) is 0 Å². The van der Waals surface area contributed by atoms with E-state index in [0.717, 1.165) is 11.3 Å². The molecule has 0 saturated carbocycles. The van der Waals surface area contributed by atoms with Crippen molar-refractivity contribution in [3.8, 4) is 0 Å². The minimum Gasteiger partial charge on any atom is -0.341 e. The second-order valence-electron chi connectivity index (χ2n) is 6.69. The topological polar surface area (TPSA) is 69.7 Å². The Kier molecular flexibility index (Phi) is 3.75. The van der Waals surface area contributed by atoms with Gasteiger partial charge in [-0.2, -0.15) is 0 Å². The van der Waals surface area contributed by atoms with E-state index in [2.05, 4.69) is 19.2 Å². The molecule has 1 N–H and O–H groups in total. The van der Waals surface area contributed by atoms with Crippen LogP contribution in [0.15, 0.2) is 0 Å². The van der Waals surface area contributed by atoms with E-state index in [4.69, 9.17) is 0 Å². The molecule has 0 aromatic carbocycles. The molecule has 0 bridgehead atoms. The molecule has 2 aliphatic rings. The molecule has 0 aliphatic carbocycles. The van der Waals surface area contributed by atoms with E-state index in [-0.39, 0.29) is 18.4 Å². The number of imide groups is 1. The summed E-state index contributed by atoms with van der Waals surface area (Å²) in [6.07, 6.45) is 1.11. The van der Waals surface area contributed by atoms with Crippen LogP contribution in [0.25, 0.3) is 0 Å². The molecule has 2 fully saturated rings. The molecule has 6 nitrogen and oxygen atoms in total. The standard InChI is InChI=1S/C14H23N3O3/c1-9-5-10(2)7-16(6-9)11(18)8-17-12(19)14(3,4)15-13(17)20/h9-10H,5-8H2,1-4H3,(H,15,20)/t9-,10+. The van der Waals surface area contributed by atoms with E-state index in [9.17, 15) is 14.4 Å². The van der Waals surface area contributed by atoms with Crippen molar-refractivity contribution in [1.82, 2.24) is 15.1 Å². The van der Waals surface area contributed by atoms with E-state index < -0.39 is 11.6 Å². The normalized spacial score (nSPS) is 29.6. The first-order valence-electron chi connectivity index (χ1n) is 7.12. The summed E-state index contributed by atoms with van der Waals surface area (Å²) in [6, 6.07) is -0.480. The van der Waals surface area contributed by atoms with Crippen LogP contribution in [-0.4, -0.2) is 52.8 Å². The average Bonchev–Trinajstić information content (AvgIpc) is 2.50. The third kappa shape index (κ3) is 2.78. The number of nitrogens with zero attached hydrogens (tertiary/aromatic N) is 2. The maximum atomic E-state index is 12.3. The van der Waals surface area contributed by atoms with Crippen molar-refractivity contribution in [2.45, 2.75) is 39.7 Å². The maximum Gasteiger partial charge on any atom is 0.325 e. The third-order valence-electron chi connectivity index (χ3n) is 3.96. The van der Waals surface area contributed by atoms with E-state index in [0.29, 0.717) is 24.9 Å². The van der Waals surface area contributed by atoms with Gasteiger partial charge in [0, 0.05) is 13.1 Å². The van der Waals surface area contributed by atoms with E-state index in [1.54, 1.807) is 18.7 Å². The van der Waals surface area contributed by atoms with Crippen LogP contribution in [-0.2, 0) is 9.59 Å². The van der Waals surface area contributed by atoms with Crippen LogP contribution in [0.2, 0.25) is 0 Å². The van der Waals surface area contributed by atoms with E-state index >= 15 is 0 Å². The van der Waals surface area contributed by atoms with Gasteiger partial charge < -0.3 is 10.2 Å². The van der Waals surface area contributed by atoms with Gasteiger partial charge in [0.2, 0.25) is 5.91 Å². The number of hydrogen-bond acceptors (Lipinski definition) is 3. The molecule has 0 radical (unpaired) electrons. The summed E-state index contributed by atoms with van der Waals surface area (Å²) < 4.78 is 0. The molecule has 0 aromatic heterocycles. The van der Waals surface area contributed by atoms with Gasteiger partial charge >= 0.3 is 6.03 Å². The highest BCUT2D eigenvalue weighted by Gasteiger charge is 2.45. The third-order valence-corrected chi connectivity index (χ3v) is 3.96. The van der Waals surface area contributed by atoms with Crippen LogP contribution in [0.4, 0.5) is 4.79 Å². The van der Waals surface area contributed by atoms with Gasteiger partial charge in [0.15, 0.2) is 0 Å². The fourth-order valence-electron chi connectivity index (χ4n) is 3.06. The molecule has 0 aromatic rings. The summed E-state index contributed by atoms with van der Waals surface area (Å²) >= 11 is 0. The van der Waals surface area contributed by atoms with E-state index in [1.165, 1.54) is 0 Å². The lowest BCUT2D eigenvalue weighted by Gasteiger charge is -2.35. The number of urea groups is 1. The van der Waals surface area contributed by atoms with Crippen molar-refractivity contribution >= 4 is 17.8 Å². The summed E-state index contributed by atoms with van der Waals surface area (Å²) in [6.45, 7) is 8.77. The van der Waals surface area contributed by atoms with Crippen molar-refractivity contribution in [3.05, 3.63) is 0 Å². The summed E-state index contributed by atoms with van der Waals surface area (Å²) in [7, 11) is 0. The predicted octanol–water partition coefficient (Wildman–Crippen LogP) is 0.821. The predicted molar refractivity (Wildman–Crippen MR) is 73.8 cm³/mol. The van der Waals surface area contributed by atoms with Gasteiger partial charge in [0.25, 0.3) is 5.91 Å². The molecule has 2 rings (SSSR count). The van der Waals surface area contributed by atoms with Gasteiger partial charge in [0.05, 0.1) is 0 Å². The lowest BCUT2D eigenvalue weighted by atomic mass is 9.92. The highest BCUT2D eigenvalue weighted by molar-refractivity contribution is 6.08. The second-order valence-corrected chi connectivity index (χ2v) is 6.69. The number of rotatable bonds is 2. The maximum absolute atomic E-state index is 12.3. The number of hydrogen-bond donors (Lipinski definition) is 1. The first-order chi connectivity index (χ1) is 9.20. The van der Waals surface area contributed by atoms with Crippen LogP contribution >= 0.6 is 0 Å². The summed E-state index contributed by atoms with van der Waals surface area (Å²) in [4.78, 5) is 38.9. The zero-order valence-electron chi connectivity index (χ0n) is 12.6. The Labute approximate surface area is 119 Å². The number of carbonyl (C=O) groups is 3. The zero-order valence-corrected chi connectivity index (χ0v) is 12.6. The van der Waals surface area contributed by atoms with Gasteiger partial charge in [-0.15, -0.1) is 0 Å². The monoisotopic (exact) mass is 281 g/mol. The van der Waals surface area contributed by atoms with Gasteiger partial charge in [-0.3, -0.25) is 14.5 Å². The van der Waals surface area contributed by atoms with Crippen molar-refractivity contribution in [2.24, 2.45) is 11.8 Å². The smallest absolute Gasteiger partial charge is 0.325 e. The van der Waals surface area contributed by atoms with Gasteiger partial charge in [0.1, 0.15) is 12.1 Å². The van der Waals surface area contributed by atoms with Gasteiger partial charge in [-0.05, 0) is 32.1 Å². The number of amides is 4. The molecule has 2 atom stereocenters. The molecular formula is C14H23N3O3. The second kappa shape index (κ2) is 5.07. The fourth-order valence-corrected chi connectivity index (χ4v) is 3.06. The Morgan fingerprint density at radius 2 is 1.80 bits per heavy atom. The first-order valence-corrected chi connectivity index (χ1v) is 7.12. The van der Waals surface area contributed by atoms with E-state index in [1.807, 2.05) is 0 Å². The zero-order chi connectivity index (χ0) is 15.1. The molecule has 20 heavy (non-hydrogen) atoms. The van der Waals surface area contributed by atoms with Crippen LogP contribution in [0, 0.1) is 11.8 Å². The lowest BCUT2D eigenvalue weighted by molar-refractivity contribution is -0.140. The number of nitrogens with one attached hydrogen (secondary N) is 1. The molecule has 2 saturated heterocycles. The van der Waals surface area contributed by atoms with Crippen LogP contribution < -0.4 is 5.32 Å². The fraction of sp³-hybridized carbons (Fsp3) is 0.786. The molecule has 6 heteroatoms. The molecule has 2 aliphatic heterocycles. The number of carbonyl (C=O) groups excluding carboxylic acids is 3. The Morgan fingerprint density at radius 1 is 1.25 bits per heavy atom. The van der Waals surface area contributed by atoms with Crippen molar-refractivity contribution in [3.63, 3.8) is 0 Å². The minimum absolute atomic E-state index is 0.149. The number of piperidine rings is 1. The quantitative estimate of drug-likeness (QED) is 0.762. The molecule has 0 unspecified atom stereocenters. The van der Waals surface area contributed by atoms with Crippen molar-refractivity contribution in [2.75, 3.05) is 19.6 Å². The largest absolute Gasteiger partial charge is 0.341 e. The highest BCUT2D eigenvalue weighted by atomic mass is 16.2. The summed E-state index contributed by atoms with van der Waals surface area (Å²) in [5.74, 6) is 0.433. The Bertz CT molecular complexity index is 437. The Hall–Kier alpha value is -1.59. The number of likely N-dealkylation sites (tertiary alicyclic amines) is 1. The summed E-state index contributed by atoms with van der Waals surface area (Å²) in [5, 5.41) is 2.59. The molecule has 4 amide bonds. The van der Waals surface area contributed by atoms with Crippen LogP contribution in [0.1, 0.15) is 34.1 Å². The first kappa shape index (κ1) is 14.8. The molecule has 2 heterocycles. The SMILES string of the molecule is C[C@@H]1C[C@H](C)CN(C(=O)CN2C(=O)NC(C)(C)C2=O)C1. The Balaban J connectivity index is 2.01. The molecule has 112 valence electrons. The van der Waals surface area contributed by atoms with Gasteiger partial charge in [-0.25, -0.2) is 4.79 Å². The van der Waals surface area contributed by atoms with Crippen LogP contribution in [0.3, 0.4) is 0 Å². The van der Waals surface area contributed by atoms with Gasteiger partial charge in [-0.1, -0.05) is 13.8 Å². The highest BCUT2D eigenvalue weighted by Crippen LogP contribution is 2.22. The van der Waals surface area contributed by atoms with Crippen LogP contribution in [0.5, 0.6) is 0 Å². The average molecular weight is 281 g/mol. The summed E-state index contributed by atoms with van der Waals surface area (Å²) in [5.41, 5.74) is -0.917. The minimum atomic E-state index is -0.917. The molecule has 0 spiro atoms. The Morgan fingerprint density at radius 3 is 2.25 bits per heavy atom. The van der Waals surface area contributed by atoms with Crippen molar-refractivity contribution < 1.29 is 14.4 Å². The lowest BCUT2D eigenvalue weighted by Crippen LogP contribution is -2.48.